The SMILES string of the molecule is COC(F)(F)CC(C)(C)c1ccccc1. The average molecular weight is 214 g/mol. The molecule has 0 N–H and O–H groups in total. The predicted molar refractivity (Wildman–Crippen MR) is 56.0 cm³/mol. The summed E-state index contributed by atoms with van der Waals surface area (Å²) in [6.07, 6.45) is -3.39. The Labute approximate surface area is 89.1 Å². The molecule has 0 radical (unpaired) electrons. The molecule has 0 atom stereocenters. The van der Waals surface area contributed by atoms with Crippen LogP contribution in [-0.4, -0.2) is 13.2 Å². The Kier molecular flexibility index (Phi) is 3.45. The number of alkyl halides is 2. The first kappa shape index (κ1) is 12.1. The van der Waals surface area contributed by atoms with Crippen molar-refractivity contribution in [3.8, 4) is 0 Å². The van der Waals surface area contributed by atoms with Crippen LogP contribution < -0.4 is 0 Å². The number of methoxy groups -OCH3 is 1. The summed E-state index contributed by atoms with van der Waals surface area (Å²) < 4.78 is 30.4. The van der Waals surface area contributed by atoms with Crippen LogP contribution in [-0.2, 0) is 10.2 Å². The maximum absolute atomic E-state index is 13.1. The lowest BCUT2D eigenvalue weighted by Gasteiger charge is -2.29. The zero-order valence-electron chi connectivity index (χ0n) is 9.26. The Morgan fingerprint density at radius 2 is 1.67 bits per heavy atom. The van der Waals surface area contributed by atoms with Gasteiger partial charge in [-0.05, 0) is 11.0 Å². The predicted octanol–water partition coefficient (Wildman–Crippen LogP) is 3.59. The molecule has 0 unspecified atom stereocenters. The summed E-state index contributed by atoms with van der Waals surface area (Å²) in [5, 5.41) is 0. The van der Waals surface area contributed by atoms with Crippen LogP contribution in [0.5, 0.6) is 0 Å². The largest absolute Gasteiger partial charge is 0.356 e. The average Bonchev–Trinajstić information content (AvgIpc) is 2.18. The molecule has 0 aliphatic carbocycles. The highest BCUT2D eigenvalue weighted by Gasteiger charge is 2.37. The minimum Gasteiger partial charge on any atom is -0.324 e. The molecule has 0 aliphatic heterocycles. The molecule has 1 aromatic rings. The van der Waals surface area contributed by atoms with Crippen molar-refractivity contribution in [2.75, 3.05) is 7.11 Å². The molecular weight excluding hydrogens is 198 g/mol. The first-order valence-electron chi connectivity index (χ1n) is 4.86. The first-order valence-corrected chi connectivity index (χ1v) is 4.86. The highest BCUT2D eigenvalue weighted by molar-refractivity contribution is 5.23. The Bertz CT molecular complexity index is 307. The Morgan fingerprint density at radius 3 is 2.13 bits per heavy atom. The van der Waals surface area contributed by atoms with Gasteiger partial charge in [-0.1, -0.05) is 44.2 Å². The van der Waals surface area contributed by atoms with Gasteiger partial charge in [-0.3, -0.25) is 0 Å². The molecule has 15 heavy (non-hydrogen) atoms. The summed E-state index contributed by atoms with van der Waals surface area (Å²) in [5.74, 6) is 0. The Hall–Kier alpha value is -0.960. The van der Waals surface area contributed by atoms with Crippen LogP contribution in [0.25, 0.3) is 0 Å². The number of rotatable bonds is 4. The number of benzene rings is 1. The van der Waals surface area contributed by atoms with Gasteiger partial charge in [0, 0.05) is 13.5 Å². The van der Waals surface area contributed by atoms with E-state index in [1.807, 2.05) is 30.3 Å². The number of hydrogen-bond acceptors (Lipinski definition) is 1. The van der Waals surface area contributed by atoms with Gasteiger partial charge in [0.15, 0.2) is 0 Å². The van der Waals surface area contributed by atoms with Crippen molar-refractivity contribution in [3.63, 3.8) is 0 Å². The van der Waals surface area contributed by atoms with Crippen molar-refractivity contribution in [2.24, 2.45) is 0 Å². The standard InChI is InChI=1S/C12H16F2O/c1-11(2,9-12(13,14)15-3)10-7-5-4-6-8-10/h4-8H,9H2,1-3H3. The van der Waals surface area contributed by atoms with Crippen LogP contribution in [0.3, 0.4) is 0 Å². The number of hydrogen-bond donors (Lipinski definition) is 0. The Balaban J connectivity index is 2.85. The van der Waals surface area contributed by atoms with E-state index in [-0.39, 0.29) is 6.42 Å². The molecule has 0 fully saturated rings. The molecule has 0 amide bonds. The van der Waals surface area contributed by atoms with Gasteiger partial charge in [0.2, 0.25) is 0 Å². The first-order chi connectivity index (χ1) is 6.87. The van der Waals surface area contributed by atoms with Gasteiger partial charge in [0.1, 0.15) is 0 Å². The molecule has 1 rings (SSSR count). The molecule has 0 aromatic heterocycles. The Morgan fingerprint density at radius 1 is 1.13 bits per heavy atom. The van der Waals surface area contributed by atoms with E-state index in [1.54, 1.807) is 13.8 Å². The normalized spacial score (nSPS) is 12.9. The summed E-state index contributed by atoms with van der Waals surface area (Å²) in [5.41, 5.74) is 0.294. The van der Waals surface area contributed by atoms with E-state index < -0.39 is 11.5 Å². The van der Waals surface area contributed by atoms with Gasteiger partial charge in [0.25, 0.3) is 0 Å². The van der Waals surface area contributed by atoms with Crippen LogP contribution in [0.4, 0.5) is 8.78 Å². The van der Waals surface area contributed by atoms with Gasteiger partial charge < -0.3 is 4.74 Å². The zero-order valence-corrected chi connectivity index (χ0v) is 9.26. The minimum atomic E-state index is -3.07. The van der Waals surface area contributed by atoms with E-state index in [0.29, 0.717) is 0 Å². The molecule has 0 spiro atoms. The minimum absolute atomic E-state index is 0.319. The summed E-state index contributed by atoms with van der Waals surface area (Å²) >= 11 is 0. The van der Waals surface area contributed by atoms with Gasteiger partial charge in [-0.2, -0.15) is 8.78 Å². The lowest BCUT2D eigenvalue weighted by Crippen LogP contribution is -2.30. The smallest absolute Gasteiger partial charge is 0.324 e. The van der Waals surface area contributed by atoms with Crippen molar-refractivity contribution in [1.82, 2.24) is 0 Å². The van der Waals surface area contributed by atoms with Crippen molar-refractivity contribution in [3.05, 3.63) is 35.9 Å². The lowest BCUT2D eigenvalue weighted by molar-refractivity contribution is -0.233. The van der Waals surface area contributed by atoms with Crippen LogP contribution >= 0.6 is 0 Å². The molecule has 1 nitrogen and oxygen atoms in total. The molecular formula is C12H16F2O. The highest BCUT2D eigenvalue weighted by Crippen LogP contribution is 2.35. The summed E-state index contributed by atoms with van der Waals surface area (Å²) in [7, 11) is 1.03. The van der Waals surface area contributed by atoms with E-state index in [0.717, 1.165) is 12.7 Å². The van der Waals surface area contributed by atoms with Crippen LogP contribution in [0.1, 0.15) is 25.8 Å². The fraction of sp³-hybridized carbons (Fsp3) is 0.500. The molecule has 3 heteroatoms. The van der Waals surface area contributed by atoms with E-state index in [1.165, 1.54) is 0 Å². The zero-order chi connectivity index (χ0) is 11.5. The second kappa shape index (κ2) is 4.27. The van der Waals surface area contributed by atoms with Crippen molar-refractivity contribution < 1.29 is 13.5 Å². The van der Waals surface area contributed by atoms with E-state index >= 15 is 0 Å². The van der Waals surface area contributed by atoms with Crippen molar-refractivity contribution in [2.45, 2.75) is 31.8 Å². The van der Waals surface area contributed by atoms with Gasteiger partial charge in [-0.15, -0.1) is 0 Å². The molecule has 0 saturated heterocycles. The fourth-order valence-electron chi connectivity index (χ4n) is 1.58. The van der Waals surface area contributed by atoms with Crippen LogP contribution in [0.15, 0.2) is 30.3 Å². The van der Waals surface area contributed by atoms with Gasteiger partial charge >= 0.3 is 6.11 Å². The van der Waals surface area contributed by atoms with E-state index in [9.17, 15) is 8.78 Å². The number of halogens is 2. The quantitative estimate of drug-likeness (QED) is 0.744. The topological polar surface area (TPSA) is 9.23 Å². The lowest BCUT2D eigenvalue weighted by atomic mass is 9.81. The van der Waals surface area contributed by atoms with E-state index in [4.69, 9.17) is 0 Å². The van der Waals surface area contributed by atoms with Gasteiger partial charge in [0.05, 0.1) is 0 Å². The van der Waals surface area contributed by atoms with Crippen LogP contribution in [0.2, 0.25) is 0 Å². The molecule has 0 saturated carbocycles. The van der Waals surface area contributed by atoms with Gasteiger partial charge in [-0.25, -0.2) is 0 Å². The third kappa shape index (κ3) is 3.27. The third-order valence-electron chi connectivity index (χ3n) is 2.50. The summed E-state index contributed by atoms with van der Waals surface area (Å²) in [6, 6.07) is 9.27. The molecule has 0 bridgehead atoms. The highest BCUT2D eigenvalue weighted by atomic mass is 19.3. The van der Waals surface area contributed by atoms with Crippen LogP contribution in [0, 0.1) is 0 Å². The maximum Gasteiger partial charge on any atom is 0.356 e. The second-order valence-electron chi connectivity index (χ2n) is 4.27. The molecule has 0 aliphatic rings. The molecule has 1 aromatic carbocycles. The number of ether oxygens (including phenoxy) is 1. The van der Waals surface area contributed by atoms with Crippen molar-refractivity contribution >= 4 is 0 Å². The van der Waals surface area contributed by atoms with Crippen molar-refractivity contribution in [1.29, 1.82) is 0 Å². The maximum atomic E-state index is 13.1. The summed E-state index contributed by atoms with van der Waals surface area (Å²) in [4.78, 5) is 0. The monoisotopic (exact) mass is 214 g/mol. The fourth-order valence-corrected chi connectivity index (χ4v) is 1.58. The van der Waals surface area contributed by atoms with E-state index in [2.05, 4.69) is 4.74 Å². The summed E-state index contributed by atoms with van der Waals surface area (Å²) in [6.45, 7) is 3.57. The molecule has 84 valence electrons. The molecule has 0 heterocycles. The second-order valence-corrected chi connectivity index (χ2v) is 4.27. The third-order valence-corrected chi connectivity index (χ3v) is 2.50.